The first kappa shape index (κ1) is 10.8. The number of ether oxygens (including phenoxy) is 1. The van der Waals surface area contributed by atoms with Crippen molar-refractivity contribution in [2.75, 3.05) is 12.4 Å². The monoisotopic (exact) mass is 222 g/mol. The van der Waals surface area contributed by atoms with Crippen molar-refractivity contribution in [1.82, 2.24) is 0 Å². The number of carboxylic acids is 1. The highest BCUT2D eigenvalue weighted by Gasteiger charge is 2.30. The molecule has 5 nitrogen and oxygen atoms in total. The van der Waals surface area contributed by atoms with Crippen molar-refractivity contribution in [3.05, 3.63) is 23.8 Å². The highest BCUT2D eigenvalue weighted by atomic mass is 16.5. The summed E-state index contributed by atoms with van der Waals surface area (Å²) in [7, 11) is 1.60. The van der Waals surface area contributed by atoms with Crippen LogP contribution in [0.2, 0.25) is 0 Å². The van der Waals surface area contributed by atoms with E-state index in [0.29, 0.717) is 6.42 Å². The minimum Gasteiger partial charge on any atom is -0.497 e. The quantitative estimate of drug-likeness (QED) is 0.691. The Hall–Kier alpha value is -1.75. The molecule has 1 aliphatic rings. The van der Waals surface area contributed by atoms with Gasteiger partial charge in [-0.2, -0.15) is 0 Å². The van der Waals surface area contributed by atoms with E-state index >= 15 is 0 Å². The van der Waals surface area contributed by atoms with Crippen molar-refractivity contribution >= 4 is 11.7 Å². The Kier molecular flexibility index (Phi) is 2.70. The molecule has 2 unspecified atom stereocenters. The topological polar surface area (TPSA) is 84.6 Å². The number of carbonyl (C=O) groups is 1. The smallest absolute Gasteiger partial charge is 0.322 e. The van der Waals surface area contributed by atoms with Gasteiger partial charge in [0, 0.05) is 5.69 Å². The van der Waals surface area contributed by atoms with Crippen molar-refractivity contribution in [3.8, 4) is 5.75 Å². The molecule has 86 valence electrons. The van der Waals surface area contributed by atoms with Crippen LogP contribution in [0.15, 0.2) is 18.2 Å². The maximum Gasteiger partial charge on any atom is 0.322 e. The number of aliphatic carboxylic acids is 1. The molecule has 2 rings (SSSR count). The first-order chi connectivity index (χ1) is 7.61. The first-order valence-corrected chi connectivity index (χ1v) is 5.03. The molecule has 1 aromatic rings. The third kappa shape index (κ3) is 1.81. The minimum absolute atomic E-state index is 0.250. The van der Waals surface area contributed by atoms with Gasteiger partial charge in [-0.15, -0.1) is 0 Å². The van der Waals surface area contributed by atoms with E-state index in [1.54, 1.807) is 7.11 Å². The van der Waals surface area contributed by atoms with Crippen LogP contribution in [0.25, 0.3) is 0 Å². The highest BCUT2D eigenvalue weighted by Crippen LogP contribution is 2.30. The molecular weight excluding hydrogens is 208 g/mol. The number of anilines is 1. The third-order valence-electron chi connectivity index (χ3n) is 2.81. The number of carboxylic acid groups (broad SMARTS) is 1. The summed E-state index contributed by atoms with van der Waals surface area (Å²) in [5.41, 5.74) is 7.55. The van der Waals surface area contributed by atoms with Crippen LogP contribution >= 0.6 is 0 Å². The van der Waals surface area contributed by atoms with E-state index in [1.807, 2.05) is 18.2 Å². The zero-order valence-corrected chi connectivity index (χ0v) is 8.93. The number of fused-ring (bicyclic) bond motifs is 1. The van der Waals surface area contributed by atoms with Gasteiger partial charge >= 0.3 is 5.97 Å². The van der Waals surface area contributed by atoms with Gasteiger partial charge in [0.1, 0.15) is 11.8 Å². The maximum atomic E-state index is 10.8. The Bertz CT molecular complexity index is 420. The summed E-state index contributed by atoms with van der Waals surface area (Å²) in [4.78, 5) is 10.8. The minimum atomic E-state index is -0.989. The Morgan fingerprint density at radius 3 is 3.06 bits per heavy atom. The lowest BCUT2D eigenvalue weighted by Crippen LogP contribution is -2.45. The summed E-state index contributed by atoms with van der Waals surface area (Å²) in [6, 6.07) is 4.47. The van der Waals surface area contributed by atoms with E-state index in [4.69, 9.17) is 15.6 Å². The number of nitrogens with two attached hydrogens (primary N) is 1. The van der Waals surface area contributed by atoms with Crippen LogP contribution in [-0.2, 0) is 11.2 Å². The SMILES string of the molecule is COc1ccc2c(c1)CC(C(N)C(=O)O)N2. The number of rotatable bonds is 3. The van der Waals surface area contributed by atoms with Gasteiger partial charge in [-0.05, 0) is 30.2 Å². The molecule has 5 heteroatoms. The van der Waals surface area contributed by atoms with E-state index in [-0.39, 0.29) is 6.04 Å². The summed E-state index contributed by atoms with van der Waals surface area (Å²) in [5, 5.41) is 11.9. The lowest BCUT2D eigenvalue weighted by molar-refractivity contribution is -0.138. The van der Waals surface area contributed by atoms with Crippen LogP contribution in [-0.4, -0.2) is 30.3 Å². The van der Waals surface area contributed by atoms with Gasteiger partial charge < -0.3 is 20.9 Å². The number of benzene rings is 1. The summed E-state index contributed by atoms with van der Waals surface area (Å²) < 4.78 is 5.11. The predicted octanol–water partition coefficient (Wildman–Crippen LogP) is 0.444. The van der Waals surface area contributed by atoms with E-state index in [1.165, 1.54) is 0 Å². The molecule has 0 saturated heterocycles. The maximum absolute atomic E-state index is 10.8. The Morgan fingerprint density at radius 2 is 2.44 bits per heavy atom. The van der Waals surface area contributed by atoms with Crippen molar-refractivity contribution < 1.29 is 14.6 Å². The molecule has 0 amide bonds. The van der Waals surface area contributed by atoms with Gasteiger partial charge in [0.15, 0.2) is 0 Å². The standard InChI is InChI=1S/C11H14N2O3/c1-16-7-2-3-8-6(4-7)5-9(13-8)10(12)11(14)15/h2-4,9-10,13H,5,12H2,1H3,(H,14,15). The Labute approximate surface area is 93.2 Å². The van der Waals surface area contributed by atoms with Crippen molar-refractivity contribution in [3.63, 3.8) is 0 Å². The molecule has 0 aliphatic carbocycles. The molecule has 4 N–H and O–H groups in total. The third-order valence-corrected chi connectivity index (χ3v) is 2.81. The second kappa shape index (κ2) is 4.02. The van der Waals surface area contributed by atoms with E-state index in [0.717, 1.165) is 17.0 Å². The first-order valence-electron chi connectivity index (χ1n) is 5.03. The summed E-state index contributed by atoms with van der Waals surface area (Å²) >= 11 is 0. The molecule has 1 aromatic carbocycles. The fourth-order valence-corrected chi connectivity index (χ4v) is 1.88. The summed E-state index contributed by atoms with van der Waals surface area (Å²) in [5.74, 6) is -0.220. The lowest BCUT2D eigenvalue weighted by Gasteiger charge is -2.15. The number of hydrogen-bond donors (Lipinski definition) is 3. The molecule has 1 heterocycles. The normalized spacial score (nSPS) is 19.8. The molecule has 16 heavy (non-hydrogen) atoms. The van der Waals surface area contributed by atoms with Gasteiger partial charge in [-0.3, -0.25) is 4.79 Å². The molecule has 0 bridgehead atoms. The van der Waals surface area contributed by atoms with Crippen molar-refractivity contribution in [2.45, 2.75) is 18.5 Å². The van der Waals surface area contributed by atoms with E-state index in [2.05, 4.69) is 5.32 Å². The van der Waals surface area contributed by atoms with Crippen molar-refractivity contribution in [1.29, 1.82) is 0 Å². The lowest BCUT2D eigenvalue weighted by atomic mass is 10.0. The zero-order chi connectivity index (χ0) is 11.7. The zero-order valence-electron chi connectivity index (χ0n) is 8.93. The van der Waals surface area contributed by atoms with E-state index in [9.17, 15) is 4.79 Å². The van der Waals surface area contributed by atoms with Crippen LogP contribution in [0.3, 0.4) is 0 Å². The summed E-state index contributed by atoms with van der Waals surface area (Å²) in [6.45, 7) is 0. The fourth-order valence-electron chi connectivity index (χ4n) is 1.88. The molecule has 0 spiro atoms. The van der Waals surface area contributed by atoms with Gasteiger partial charge in [0.2, 0.25) is 0 Å². The van der Waals surface area contributed by atoms with Crippen LogP contribution in [0.1, 0.15) is 5.56 Å². The molecule has 1 aliphatic heterocycles. The average Bonchev–Trinajstić information content (AvgIpc) is 2.69. The van der Waals surface area contributed by atoms with Gasteiger partial charge in [0.05, 0.1) is 13.2 Å². The number of nitrogens with one attached hydrogen (secondary N) is 1. The predicted molar refractivity (Wildman–Crippen MR) is 59.7 cm³/mol. The van der Waals surface area contributed by atoms with Gasteiger partial charge in [-0.1, -0.05) is 0 Å². The van der Waals surface area contributed by atoms with Gasteiger partial charge in [0.25, 0.3) is 0 Å². The van der Waals surface area contributed by atoms with Crippen LogP contribution in [0.5, 0.6) is 5.75 Å². The van der Waals surface area contributed by atoms with Crippen molar-refractivity contribution in [2.24, 2.45) is 5.73 Å². The van der Waals surface area contributed by atoms with Crippen LogP contribution in [0, 0.1) is 0 Å². The average molecular weight is 222 g/mol. The van der Waals surface area contributed by atoms with Gasteiger partial charge in [-0.25, -0.2) is 0 Å². The molecule has 2 atom stereocenters. The fraction of sp³-hybridized carbons (Fsp3) is 0.364. The molecule has 0 aromatic heterocycles. The van der Waals surface area contributed by atoms with Crippen LogP contribution < -0.4 is 15.8 Å². The second-order valence-corrected chi connectivity index (χ2v) is 3.84. The number of hydrogen-bond acceptors (Lipinski definition) is 4. The molecule has 0 fully saturated rings. The second-order valence-electron chi connectivity index (χ2n) is 3.84. The molecular formula is C11H14N2O3. The number of methoxy groups -OCH3 is 1. The summed E-state index contributed by atoms with van der Waals surface area (Å²) in [6.07, 6.45) is 0.611. The Morgan fingerprint density at radius 1 is 1.69 bits per heavy atom. The highest BCUT2D eigenvalue weighted by molar-refractivity contribution is 5.76. The van der Waals surface area contributed by atoms with E-state index < -0.39 is 12.0 Å². The van der Waals surface area contributed by atoms with Crippen LogP contribution in [0.4, 0.5) is 5.69 Å². The largest absolute Gasteiger partial charge is 0.497 e. The Balaban J connectivity index is 2.17. The molecule has 0 radical (unpaired) electrons. The molecule has 0 saturated carbocycles.